The van der Waals surface area contributed by atoms with Crippen molar-refractivity contribution in [2.45, 2.75) is 0 Å². The van der Waals surface area contributed by atoms with Crippen LogP contribution in [0.3, 0.4) is 0 Å². The first kappa shape index (κ1) is 18.4. The van der Waals surface area contributed by atoms with E-state index < -0.39 is 11.8 Å². The Morgan fingerprint density at radius 3 is 2.68 bits per heavy atom. The van der Waals surface area contributed by atoms with Gasteiger partial charge < -0.3 is 9.47 Å². The highest BCUT2D eigenvalue weighted by Gasteiger charge is 2.32. The third kappa shape index (κ3) is 3.95. The number of rotatable bonds is 7. The van der Waals surface area contributed by atoms with Gasteiger partial charge in [-0.2, -0.15) is 0 Å². The molecule has 1 aromatic carbocycles. The van der Waals surface area contributed by atoms with Gasteiger partial charge in [-0.05, 0) is 24.4 Å². The Morgan fingerprint density at radius 2 is 2.04 bits per heavy atom. The van der Waals surface area contributed by atoms with Gasteiger partial charge in [0.05, 0.1) is 7.11 Å². The number of hydrogen-bond donors (Lipinski definition) is 1. The largest absolute Gasteiger partial charge is 0.493 e. The third-order valence-electron chi connectivity index (χ3n) is 3.37. The van der Waals surface area contributed by atoms with E-state index in [1.54, 1.807) is 24.3 Å². The predicted octanol–water partition coefficient (Wildman–Crippen LogP) is 2.07. The van der Waals surface area contributed by atoms with E-state index in [-0.39, 0.29) is 23.8 Å². The van der Waals surface area contributed by atoms with Crippen LogP contribution < -0.4 is 14.8 Å². The molecule has 0 aliphatic carbocycles. The number of para-hydroxylation sites is 1. The summed E-state index contributed by atoms with van der Waals surface area (Å²) >= 11 is 5.03. The number of nitrogens with one attached hydrogen (secondary N) is 1. The Bertz CT molecular complexity index is 770. The number of methoxy groups -OCH3 is 1. The summed E-state index contributed by atoms with van der Waals surface area (Å²) in [7, 11) is 1.51. The molecule has 25 heavy (non-hydrogen) atoms. The van der Waals surface area contributed by atoms with E-state index in [0.717, 1.165) is 0 Å². The van der Waals surface area contributed by atoms with E-state index in [2.05, 4.69) is 18.5 Å². The van der Waals surface area contributed by atoms with Gasteiger partial charge in [-0.3, -0.25) is 19.8 Å². The summed E-state index contributed by atoms with van der Waals surface area (Å²) in [6.07, 6.45) is 4.58. The van der Waals surface area contributed by atoms with Crippen molar-refractivity contribution in [2.75, 3.05) is 20.3 Å². The second kappa shape index (κ2) is 8.25. The molecule has 0 spiro atoms. The number of ether oxygens (including phenoxy) is 2. The number of carbonyl (C=O) groups excluding carboxylic acids is 2. The molecule has 1 aliphatic rings. The molecule has 130 valence electrons. The summed E-state index contributed by atoms with van der Waals surface area (Å²) in [5, 5.41) is 2.56. The molecule has 1 heterocycles. The average Bonchev–Trinajstić information content (AvgIpc) is 2.60. The van der Waals surface area contributed by atoms with Gasteiger partial charge in [0.2, 0.25) is 0 Å². The molecule has 0 aromatic heterocycles. The molecular formula is C18H18N2O4S. The van der Waals surface area contributed by atoms with Gasteiger partial charge in [0.25, 0.3) is 11.8 Å². The molecule has 1 saturated heterocycles. The van der Waals surface area contributed by atoms with Crippen molar-refractivity contribution in [2.24, 2.45) is 0 Å². The highest BCUT2D eigenvalue weighted by atomic mass is 32.1. The van der Waals surface area contributed by atoms with Crippen LogP contribution in [0.4, 0.5) is 0 Å². The summed E-state index contributed by atoms with van der Waals surface area (Å²) in [4.78, 5) is 26.1. The van der Waals surface area contributed by atoms with Crippen LogP contribution in [0.1, 0.15) is 5.56 Å². The topological polar surface area (TPSA) is 67.9 Å². The molecule has 1 N–H and O–H groups in total. The van der Waals surface area contributed by atoms with Crippen LogP contribution in [0, 0.1) is 0 Å². The smallest absolute Gasteiger partial charge is 0.265 e. The fourth-order valence-electron chi connectivity index (χ4n) is 2.25. The Balaban J connectivity index is 2.48. The second-order valence-corrected chi connectivity index (χ2v) is 5.39. The number of amides is 2. The zero-order valence-electron chi connectivity index (χ0n) is 13.8. The van der Waals surface area contributed by atoms with Crippen molar-refractivity contribution in [3.8, 4) is 11.5 Å². The van der Waals surface area contributed by atoms with Crippen molar-refractivity contribution in [3.63, 3.8) is 0 Å². The normalized spacial score (nSPS) is 15.8. The summed E-state index contributed by atoms with van der Waals surface area (Å²) in [5.41, 5.74) is 0.484. The standard InChI is InChI=1S/C18H18N2O4S/c1-4-9-20-17(22)13(16(21)19-18(20)25)11-12-7-6-8-14(23-3)15(12)24-10-5-2/h4-8,11H,1-2,9-10H2,3H3,(H,19,21,25)/b13-11+. The van der Waals surface area contributed by atoms with Crippen LogP contribution >= 0.6 is 12.2 Å². The van der Waals surface area contributed by atoms with Crippen LogP contribution in [0.2, 0.25) is 0 Å². The molecule has 0 radical (unpaired) electrons. The Labute approximate surface area is 151 Å². The number of benzene rings is 1. The maximum Gasteiger partial charge on any atom is 0.265 e. The summed E-state index contributed by atoms with van der Waals surface area (Å²) < 4.78 is 10.9. The minimum absolute atomic E-state index is 0.0489. The summed E-state index contributed by atoms with van der Waals surface area (Å²) in [6, 6.07) is 5.19. The molecule has 7 heteroatoms. The average molecular weight is 358 g/mol. The molecule has 2 amide bonds. The minimum Gasteiger partial charge on any atom is -0.493 e. The van der Waals surface area contributed by atoms with Gasteiger partial charge in [-0.15, -0.1) is 6.58 Å². The van der Waals surface area contributed by atoms with Crippen LogP contribution in [0.25, 0.3) is 6.08 Å². The van der Waals surface area contributed by atoms with Gasteiger partial charge >= 0.3 is 0 Å². The van der Waals surface area contributed by atoms with E-state index >= 15 is 0 Å². The van der Waals surface area contributed by atoms with E-state index in [9.17, 15) is 9.59 Å². The quantitative estimate of drug-likeness (QED) is 0.350. The van der Waals surface area contributed by atoms with Gasteiger partial charge in [0.15, 0.2) is 16.6 Å². The number of thiocarbonyl (C=S) groups is 1. The molecule has 1 aromatic rings. The first-order chi connectivity index (χ1) is 12.0. The van der Waals surface area contributed by atoms with Gasteiger partial charge in [-0.1, -0.05) is 30.9 Å². The van der Waals surface area contributed by atoms with Crippen molar-refractivity contribution in [1.29, 1.82) is 0 Å². The highest BCUT2D eigenvalue weighted by molar-refractivity contribution is 7.80. The zero-order valence-corrected chi connectivity index (χ0v) is 14.6. The first-order valence-corrected chi connectivity index (χ1v) is 7.84. The van der Waals surface area contributed by atoms with E-state index in [1.807, 2.05) is 0 Å². The maximum atomic E-state index is 12.6. The molecule has 1 aliphatic heterocycles. The van der Waals surface area contributed by atoms with E-state index in [1.165, 1.54) is 24.2 Å². The summed E-state index contributed by atoms with van der Waals surface area (Å²) in [5.74, 6) is -0.154. The maximum absolute atomic E-state index is 12.6. The zero-order chi connectivity index (χ0) is 18.4. The Morgan fingerprint density at radius 1 is 1.28 bits per heavy atom. The SMILES string of the molecule is C=CCOc1c(/C=C2\C(=O)NC(=S)N(CC=C)C2=O)cccc1OC. The molecule has 1 fully saturated rings. The van der Waals surface area contributed by atoms with Crippen LogP contribution in [-0.4, -0.2) is 42.1 Å². The van der Waals surface area contributed by atoms with E-state index in [4.69, 9.17) is 21.7 Å². The molecule has 0 unspecified atom stereocenters. The lowest BCUT2D eigenvalue weighted by Crippen LogP contribution is -2.53. The van der Waals surface area contributed by atoms with Crippen molar-refractivity contribution in [1.82, 2.24) is 10.2 Å². The third-order valence-corrected chi connectivity index (χ3v) is 3.69. The highest BCUT2D eigenvalue weighted by Crippen LogP contribution is 2.33. The lowest BCUT2D eigenvalue weighted by Gasteiger charge is -2.27. The van der Waals surface area contributed by atoms with Crippen molar-refractivity contribution < 1.29 is 19.1 Å². The number of hydrogen-bond acceptors (Lipinski definition) is 5. The predicted molar refractivity (Wildman–Crippen MR) is 99.3 cm³/mol. The van der Waals surface area contributed by atoms with Crippen molar-refractivity contribution >= 4 is 35.2 Å². The molecule has 0 atom stereocenters. The minimum atomic E-state index is -0.562. The van der Waals surface area contributed by atoms with Gasteiger partial charge in [-0.25, -0.2) is 0 Å². The lowest BCUT2D eigenvalue weighted by atomic mass is 10.1. The Kier molecular flexibility index (Phi) is 6.08. The monoisotopic (exact) mass is 358 g/mol. The van der Waals surface area contributed by atoms with Crippen molar-refractivity contribution in [3.05, 3.63) is 54.6 Å². The number of nitrogens with zero attached hydrogens (tertiary/aromatic N) is 1. The lowest BCUT2D eigenvalue weighted by molar-refractivity contribution is -0.128. The van der Waals surface area contributed by atoms with Crippen LogP contribution in [0.15, 0.2) is 49.1 Å². The fourth-order valence-corrected chi connectivity index (χ4v) is 2.50. The summed E-state index contributed by atoms with van der Waals surface area (Å²) in [6.45, 7) is 7.66. The Hall–Kier alpha value is -2.93. The number of carbonyl (C=O) groups is 2. The van der Waals surface area contributed by atoms with E-state index in [0.29, 0.717) is 17.1 Å². The molecule has 2 rings (SSSR count). The van der Waals surface area contributed by atoms with Crippen LogP contribution in [0.5, 0.6) is 11.5 Å². The van der Waals surface area contributed by atoms with Gasteiger partial charge in [0.1, 0.15) is 12.2 Å². The second-order valence-electron chi connectivity index (χ2n) is 5.00. The molecule has 0 saturated carbocycles. The molecule has 0 bridgehead atoms. The molecular weight excluding hydrogens is 340 g/mol. The van der Waals surface area contributed by atoms with Crippen LogP contribution in [-0.2, 0) is 9.59 Å². The van der Waals surface area contributed by atoms with Gasteiger partial charge in [0, 0.05) is 12.1 Å². The first-order valence-electron chi connectivity index (χ1n) is 7.44. The molecule has 6 nitrogen and oxygen atoms in total. The fraction of sp³-hybridized carbons (Fsp3) is 0.167.